The molecular weight excluding hydrogens is 249 g/mol. The summed E-state index contributed by atoms with van der Waals surface area (Å²) in [4.78, 5) is 2.43. The van der Waals surface area contributed by atoms with Gasteiger partial charge in [0.05, 0.1) is 0 Å². The molecule has 1 aromatic rings. The van der Waals surface area contributed by atoms with E-state index in [9.17, 15) is 0 Å². The van der Waals surface area contributed by atoms with E-state index in [2.05, 4.69) is 33.0 Å². The average Bonchev–Trinajstić information content (AvgIpc) is 2.88. The fourth-order valence-electron chi connectivity index (χ4n) is 1.39. The molecule has 1 aliphatic rings. The summed E-state index contributed by atoms with van der Waals surface area (Å²) < 4.78 is 0. The van der Waals surface area contributed by atoms with Gasteiger partial charge in [-0.2, -0.15) is 0 Å². The van der Waals surface area contributed by atoms with Crippen molar-refractivity contribution in [2.75, 3.05) is 11.9 Å². The van der Waals surface area contributed by atoms with Crippen LogP contribution in [0.3, 0.4) is 0 Å². The van der Waals surface area contributed by atoms with Crippen LogP contribution >= 0.6 is 27.5 Å². The van der Waals surface area contributed by atoms with Crippen LogP contribution in [0.2, 0.25) is 5.02 Å². The first kappa shape index (κ1) is 9.50. The zero-order valence-corrected chi connectivity index (χ0v) is 9.55. The van der Waals surface area contributed by atoms with E-state index in [-0.39, 0.29) is 0 Å². The van der Waals surface area contributed by atoms with Crippen LogP contribution in [0.5, 0.6) is 0 Å². The fraction of sp³-hybridized carbons (Fsp3) is 0.400. The average molecular weight is 261 g/mol. The van der Waals surface area contributed by atoms with Crippen molar-refractivity contribution < 1.29 is 0 Å². The fourth-order valence-corrected chi connectivity index (χ4v) is 2.13. The molecule has 0 aromatic heterocycles. The topological polar surface area (TPSA) is 3.01 Å². The molecule has 0 aliphatic carbocycles. The standard InChI is InChI=1S/C10H11BrClN/c11-5-10-7-13(10)6-8-1-3-9(12)4-2-8/h1-4,10H,5-7H2/t10-,13?/m0/s1. The largest absolute Gasteiger partial charge is 0.292 e. The van der Waals surface area contributed by atoms with E-state index in [1.54, 1.807) is 0 Å². The summed E-state index contributed by atoms with van der Waals surface area (Å²) in [7, 11) is 0. The lowest BCUT2D eigenvalue weighted by Gasteiger charge is -2.02. The molecule has 1 heterocycles. The molecule has 2 atom stereocenters. The molecule has 1 saturated heterocycles. The maximum atomic E-state index is 5.80. The normalized spacial score (nSPS) is 26.0. The molecule has 1 aliphatic heterocycles. The van der Waals surface area contributed by atoms with Crippen LogP contribution in [0.4, 0.5) is 0 Å². The lowest BCUT2D eigenvalue weighted by molar-refractivity contribution is 0.518. The molecule has 1 fully saturated rings. The van der Waals surface area contributed by atoms with Gasteiger partial charge in [0.1, 0.15) is 0 Å². The van der Waals surface area contributed by atoms with Crippen LogP contribution in [0.1, 0.15) is 5.56 Å². The molecule has 1 nitrogen and oxygen atoms in total. The van der Waals surface area contributed by atoms with E-state index in [0.29, 0.717) is 0 Å². The van der Waals surface area contributed by atoms with Crippen molar-refractivity contribution in [3.05, 3.63) is 34.9 Å². The molecule has 13 heavy (non-hydrogen) atoms. The molecule has 0 spiro atoms. The zero-order valence-electron chi connectivity index (χ0n) is 7.21. The highest BCUT2D eigenvalue weighted by molar-refractivity contribution is 9.09. The third-order valence-corrected chi connectivity index (χ3v) is 3.30. The highest BCUT2D eigenvalue weighted by Gasteiger charge is 2.31. The van der Waals surface area contributed by atoms with Crippen molar-refractivity contribution in [1.82, 2.24) is 4.90 Å². The number of hydrogen-bond donors (Lipinski definition) is 0. The number of benzene rings is 1. The van der Waals surface area contributed by atoms with Crippen molar-refractivity contribution in [3.8, 4) is 0 Å². The van der Waals surface area contributed by atoms with Gasteiger partial charge in [-0.25, -0.2) is 0 Å². The summed E-state index contributed by atoms with van der Waals surface area (Å²) in [5.74, 6) is 0. The Hall–Kier alpha value is -0.0500. The van der Waals surface area contributed by atoms with Gasteiger partial charge < -0.3 is 0 Å². The molecule has 0 saturated carbocycles. The van der Waals surface area contributed by atoms with Gasteiger partial charge in [-0.05, 0) is 17.7 Å². The van der Waals surface area contributed by atoms with Crippen molar-refractivity contribution in [2.24, 2.45) is 0 Å². The molecule has 2 rings (SSSR count). The molecule has 70 valence electrons. The Morgan fingerprint density at radius 1 is 1.38 bits per heavy atom. The van der Waals surface area contributed by atoms with Gasteiger partial charge in [-0.3, -0.25) is 4.90 Å². The summed E-state index contributed by atoms with van der Waals surface area (Å²) >= 11 is 9.28. The minimum absolute atomic E-state index is 0.746. The first-order valence-corrected chi connectivity index (χ1v) is 5.84. The smallest absolute Gasteiger partial charge is 0.0406 e. The Kier molecular flexibility index (Phi) is 2.92. The lowest BCUT2D eigenvalue weighted by atomic mass is 10.2. The summed E-state index contributed by atoms with van der Waals surface area (Å²) in [6.45, 7) is 2.27. The van der Waals surface area contributed by atoms with Crippen molar-refractivity contribution >= 4 is 27.5 Å². The number of halogens is 2. The van der Waals surface area contributed by atoms with Gasteiger partial charge in [0.15, 0.2) is 0 Å². The Balaban J connectivity index is 1.92. The van der Waals surface area contributed by atoms with Crippen LogP contribution in [0, 0.1) is 0 Å². The second-order valence-electron chi connectivity index (χ2n) is 3.36. The molecule has 1 unspecified atom stereocenters. The highest BCUT2D eigenvalue weighted by Crippen LogP contribution is 2.22. The van der Waals surface area contributed by atoms with Crippen LogP contribution in [-0.4, -0.2) is 22.8 Å². The Labute approximate surface area is 91.8 Å². The van der Waals surface area contributed by atoms with Crippen LogP contribution in [-0.2, 0) is 6.54 Å². The molecule has 3 heteroatoms. The second-order valence-corrected chi connectivity index (χ2v) is 4.45. The minimum Gasteiger partial charge on any atom is -0.292 e. The Morgan fingerprint density at radius 2 is 2.08 bits per heavy atom. The summed E-state index contributed by atoms with van der Waals surface area (Å²) in [5.41, 5.74) is 1.34. The number of alkyl halides is 1. The maximum Gasteiger partial charge on any atom is 0.0406 e. The van der Waals surface area contributed by atoms with E-state index in [1.165, 1.54) is 12.1 Å². The third-order valence-electron chi connectivity index (χ3n) is 2.31. The Bertz CT molecular complexity index is 285. The molecule has 1 aromatic carbocycles. The molecule has 0 radical (unpaired) electrons. The zero-order chi connectivity index (χ0) is 9.26. The van der Waals surface area contributed by atoms with E-state index in [4.69, 9.17) is 11.6 Å². The summed E-state index contributed by atoms with van der Waals surface area (Å²) in [5, 5.41) is 1.90. The lowest BCUT2D eigenvalue weighted by Crippen LogP contribution is -2.02. The van der Waals surface area contributed by atoms with Crippen LogP contribution < -0.4 is 0 Å². The Morgan fingerprint density at radius 3 is 2.62 bits per heavy atom. The van der Waals surface area contributed by atoms with Gasteiger partial charge in [0.25, 0.3) is 0 Å². The SMILES string of the molecule is Clc1ccc(CN2C[C@@H]2CBr)cc1. The van der Waals surface area contributed by atoms with Crippen molar-refractivity contribution in [1.29, 1.82) is 0 Å². The highest BCUT2D eigenvalue weighted by atomic mass is 79.9. The number of hydrogen-bond acceptors (Lipinski definition) is 1. The van der Waals surface area contributed by atoms with Gasteiger partial charge >= 0.3 is 0 Å². The van der Waals surface area contributed by atoms with E-state index in [1.807, 2.05) is 12.1 Å². The summed E-state index contributed by atoms with van der Waals surface area (Å²) in [6.07, 6.45) is 0. The van der Waals surface area contributed by atoms with Crippen molar-refractivity contribution in [2.45, 2.75) is 12.6 Å². The van der Waals surface area contributed by atoms with Gasteiger partial charge in [-0.1, -0.05) is 39.7 Å². The summed E-state index contributed by atoms with van der Waals surface area (Å²) in [6, 6.07) is 8.82. The van der Waals surface area contributed by atoms with Gasteiger partial charge in [0, 0.05) is 29.5 Å². The molecular formula is C10H11BrClN. The molecule has 0 bridgehead atoms. The third kappa shape index (κ3) is 2.46. The van der Waals surface area contributed by atoms with E-state index in [0.717, 1.165) is 22.9 Å². The monoisotopic (exact) mass is 259 g/mol. The first-order chi connectivity index (χ1) is 6.29. The van der Waals surface area contributed by atoms with E-state index >= 15 is 0 Å². The first-order valence-electron chi connectivity index (χ1n) is 4.34. The minimum atomic E-state index is 0.746. The number of rotatable bonds is 3. The second kappa shape index (κ2) is 3.99. The van der Waals surface area contributed by atoms with Crippen LogP contribution in [0.25, 0.3) is 0 Å². The van der Waals surface area contributed by atoms with Gasteiger partial charge in [-0.15, -0.1) is 0 Å². The molecule has 0 N–H and O–H groups in total. The molecule has 0 amide bonds. The quantitative estimate of drug-likeness (QED) is 0.596. The van der Waals surface area contributed by atoms with Gasteiger partial charge in [0.2, 0.25) is 0 Å². The number of nitrogens with zero attached hydrogens (tertiary/aromatic N) is 1. The maximum absolute atomic E-state index is 5.80. The predicted molar refractivity (Wildman–Crippen MR) is 59.4 cm³/mol. The van der Waals surface area contributed by atoms with Crippen molar-refractivity contribution in [3.63, 3.8) is 0 Å². The predicted octanol–water partition coefficient (Wildman–Crippen LogP) is 2.92. The van der Waals surface area contributed by atoms with Crippen LogP contribution in [0.15, 0.2) is 24.3 Å². The van der Waals surface area contributed by atoms with E-state index < -0.39 is 0 Å².